The van der Waals surface area contributed by atoms with Crippen LogP contribution in [0, 0.1) is 0 Å². The summed E-state index contributed by atoms with van der Waals surface area (Å²) in [6.07, 6.45) is -0.0629. The zero-order valence-electron chi connectivity index (χ0n) is 15.3. The molecular weight excluding hydrogens is 413 g/mol. The first-order valence-corrected chi connectivity index (χ1v) is 10.9. The molecule has 1 atom stereocenters. The molecule has 0 radical (unpaired) electrons. The van der Waals surface area contributed by atoms with Gasteiger partial charge in [0, 0.05) is 13.1 Å². The van der Waals surface area contributed by atoms with Gasteiger partial charge in [-0.1, -0.05) is 0 Å². The smallest absolute Gasteiger partial charge is 0.433 e. The minimum atomic E-state index is -4.56. The predicted molar refractivity (Wildman–Crippen MR) is 103 cm³/mol. The van der Waals surface area contributed by atoms with E-state index >= 15 is 0 Å². The van der Waals surface area contributed by atoms with Crippen LogP contribution in [-0.2, 0) is 24.4 Å². The number of imidazole rings is 1. The van der Waals surface area contributed by atoms with Crippen LogP contribution in [0.15, 0.2) is 29.4 Å². The summed E-state index contributed by atoms with van der Waals surface area (Å²) in [5.74, 6) is 1.54. The number of hydrogen-bond donors (Lipinski definition) is 0. The van der Waals surface area contributed by atoms with Crippen molar-refractivity contribution in [1.82, 2.24) is 19.5 Å². The number of pyridine rings is 2. The fourth-order valence-electron chi connectivity index (χ4n) is 2.59. The van der Waals surface area contributed by atoms with Crippen molar-refractivity contribution in [2.75, 3.05) is 17.9 Å². The number of hydrogen-bond acceptors (Lipinski definition) is 6. The Morgan fingerprint density at radius 2 is 2.00 bits per heavy atom. The molecule has 0 aromatic carbocycles. The maximum absolute atomic E-state index is 12.9. The van der Waals surface area contributed by atoms with E-state index in [1.807, 2.05) is 6.26 Å². The molecule has 3 aromatic rings. The van der Waals surface area contributed by atoms with Crippen molar-refractivity contribution in [2.24, 2.45) is 7.05 Å². The van der Waals surface area contributed by atoms with Crippen molar-refractivity contribution in [3.63, 3.8) is 0 Å². The zero-order chi connectivity index (χ0) is 20.5. The van der Waals surface area contributed by atoms with E-state index in [0.717, 1.165) is 12.3 Å². The fraction of sp³-hybridized carbons (Fsp3) is 0.353. The summed E-state index contributed by atoms with van der Waals surface area (Å²) in [5, 5.41) is 0. The van der Waals surface area contributed by atoms with Gasteiger partial charge in [0.15, 0.2) is 16.4 Å². The van der Waals surface area contributed by atoms with Crippen molar-refractivity contribution in [1.29, 1.82) is 0 Å². The molecule has 0 bridgehead atoms. The number of aromatic nitrogens is 4. The molecule has 0 aliphatic heterocycles. The van der Waals surface area contributed by atoms with E-state index in [1.54, 1.807) is 24.6 Å². The van der Waals surface area contributed by atoms with Gasteiger partial charge in [0.1, 0.15) is 23.1 Å². The molecule has 0 fully saturated rings. The molecule has 3 aromatic heterocycles. The molecule has 6 nitrogen and oxygen atoms in total. The first kappa shape index (κ1) is 20.7. The second-order valence-corrected chi connectivity index (χ2v) is 8.27. The maximum Gasteiger partial charge on any atom is 0.433 e. The topological polar surface area (TPSA) is 75.9 Å². The maximum atomic E-state index is 12.9. The molecule has 28 heavy (non-hydrogen) atoms. The Morgan fingerprint density at radius 1 is 1.25 bits per heavy atom. The highest BCUT2D eigenvalue weighted by molar-refractivity contribution is 7.98. The quantitative estimate of drug-likeness (QED) is 0.436. The summed E-state index contributed by atoms with van der Waals surface area (Å²) in [6.45, 7) is 1.77. The van der Waals surface area contributed by atoms with Crippen LogP contribution in [-0.4, -0.2) is 42.0 Å². The van der Waals surface area contributed by atoms with E-state index in [1.165, 1.54) is 18.0 Å². The second kappa shape index (κ2) is 8.18. The lowest BCUT2D eigenvalue weighted by Crippen LogP contribution is -2.09. The Balaban J connectivity index is 2.14. The third kappa shape index (κ3) is 4.06. The monoisotopic (exact) mass is 430 g/mol. The molecule has 0 aliphatic rings. The van der Waals surface area contributed by atoms with Gasteiger partial charge in [0.05, 0.1) is 23.4 Å². The fourth-order valence-corrected chi connectivity index (χ4v) is 3.76. The van der Waals surface area contributed by atoms with Crippen molar-refractivity contribution < 1.29 is 22.5 Å². The number of halogens is 3. The SMILES string of the molecule is CC[S+]([O-])c1cc(OCSC)cnc1-c1nc2cc(C(F)(F)F)ncc2n1C. The van der Waals surface area contributed by atoms with Crippen molar-refractivity contribution in [2.45, 2.75) is 18.0 Å². The molecule has 11 heteroatoms. The van der Waals surface area contributed by atoms with E-state index in [0.29, 0.717) is 39.4 Å². The molecule has 0 spiro atoms. The Bertz CT molecular complexity index is 994. The number of aryl methyl sites for hydroxylation is 1. The van der Waals surface area contributed by atoms with Crippen LogP contribution < -0.4 is 4.74 Å². The second-order valence-electron chi connectivity index (χ2n) is 5.75. The lowest BCUT2D eigenvalue weighted by atomic mass is 10.3. The molecule has 1 unspecified atom stereocenters. The molecule has 0 aliphatic carbocycles. The van der Waals surface area contributed by atoms with Crippen LogP contribution >= 0.6 is 11.8 Å². The minimum Gasteiger partial charge on any atom is -0.611 e. The van der Waals surface area contributed by atoms with Crippen LogP contribution in [0.25, 0.3) is 22.6 Å². The van der Waals surface area contributed by atoms with Gasteiger partial charge in [0.2, 0.25) is 0 Å². The molecule has 0 saturated heterocycles. The normalized spacial score (nSPS) is 13.1. The summed E-state index contributed by atoms with van der Waals surface area (Å²) in [4.78, 5) is 12.6. The largest absolute Gasteiger partial charge is 0.611 e. The van der Waals surface area contributed by atoms with Crippen LogP contribution in [0.5, 0.6) is 5.75 Å². The number of fused-ring (bicyclic) bond motifs is 1. The molecule has 0 amide bonds. The van der Waals surface area contributed by atoms with Crippen molar-refractivity contribution in [3.8, 4) is 17.3 Å². The third-order valence-electron chi connectivity index (χ3n) is 3.95. The van der Waals surface area contributed by atoms with E-state index in [9.17, 15) is 17.7 Å². The lowest BCUT2D eigenvalue weighted by Gasteiger charge is -2.13. The Kier molecular flexibility index (Phi) is 6.06. The van der Waals surface area contributed by atoms with Gasteiger partial charge in [-0.05, 0) is 30.4 Å². The number of alkyl halides is 3. The van der Waals surface area contributed by atoms with E-state index < -0.39 is 23.0 Å². The van der Waals surface area contributed by atoms with Gasteiger partial charge in [0.25, 0.3) is 0 Å². The van der Waals surface area contributed by atoms with Gasteiger partial charge in [-0.3, -0.25) is 0 Å². The highest BCUT2D eigenvalue weighted by Gasteiger charge is 2.33. The number of ether oxygens (including phenoxy) is 1. The third-order valence-corrected chi connectivity index (χ3v) is 5.63. The van der Waals surface area contributed by atoms with Crippen molar-refractivity contribution in [3.05, 3.63) is 30.2 Å². The van der Waals surface area contributed by atoms with Crippen LogP contribution in [0.1, 0.15) is 12.6 Å². The Morgan fingerprint density at radius 3 is 2.64 bits per heavy atom. The van der Waals surface area contributed by atoms with E-state index in [4.69, 9.17) is 4.74 Å². The van der Waals surface area contributed by atoms with E-state index in [2.05, 4.69) is 15.0 Å². The summed E-state index contributed by atoms with van der Waals surface area (Å²) in [7, 11) is 1.65. The van der Waals surface area contributed by atoms with Crippen LogP contribution in [0.2, 0.25) is 0 Å². The minimum absolute atomic E-state index is 0.137. The molecule has 3 heterocycles. The molecule has 0 N–H and O–H groups in total. The highest BCUT2D eigenvalue weighted by Crippen LogP contribution is 2.33. The zero-order valence-corrected chi connectivity index (χ0v) is 16.9. The van der Waals surface area contributed by atoms with Gasteiger partial charge in [-0.15, -0.1) is 11.8 Å². The van der Waals surface area contributed by atoms with E-state index in [-0.39, 0.29) is 5.52 Å². The van der Waals surface area contributed by atoms with Gasteiger partial charge in [-0.25, -0.2) is 15.0 Å². The van der Waals surface area contributed by atoms with Crippen LogP contribution in [0.3, 0.4) is 0 Å². The summed E-state index contributed by atoms with van der Waals surface area (Å²) in [6, 6.07) is 2.53. The number of thioether (sulfide) groups is 1. The summed E-state index contributed by atoms with van der Waals surface area (Å²) >= 11 is 0.120. The first-order valence-electron chi connectivity index (χ1n) is 8.16. The highest BCUT2D eigenvalue weighted by atomic mass is 32.2. The van der Waals surface area contributed by atoms with Gasteiger partial charge in [-0.2, -0.15) is 13.2 Å². The first-order chi connectivity index (χ1) is 13.3. The average Bonchev–Trinajstić information content (AvgIpc) is 3.00. The molecule has 3 rings (SSSR count). The average molecular weight is 430 g/mol. The molecule has 150 valence electrons. The Labute approximate surface area is 166 Å². The van der Waals surface area contributed by atoms with Gasteiger partial charge >= 0.3 is 6.18 Å². The standard InChI is InChI=1S/C17H17F3N4O2S2/c1-4-28(25)13-5-10(26-9-27-3)7-22-15(13)16-23-11-6-14(17(18,19)20)21-8-12(11)24(16)2/h5-8H,4,9H2,1-3H3. The molecular formula is C17H17F3N4O2S2. The Hall–Kier alpha value is -1.98. The van der Waals surface area contributed by atoms with Gasteiger partial charge < -0.3 is 13.9 Å². The summed E-state index contributed by atoms with van der Waals surface area (Å²) < 4.78 is 58.5. The van der Waals surface area contributed by atoms with Crippen molar-refractivity contribution >= 4 is 34.0 Å². The number of rotatable bonds is 6. The predicted octanol–water partition coefficient (Wildman–Crippen LogP) is 3.88. The lowest BCUT2D eigenvalue weighted by molar-refractivity contribution is -0.141. The van der Waals surface area contributed by atoms with Crippen LogP contribution in [0.4, 0.5) is 13.2 Å². The summed E-state index contributed by atoms with van der Waals surface area (Å²) in [5.41, 5.74) is -0.127. The number of nitrogens with zero attached hydrogens (tertiary/aromatic N) is 4. The molecule has 0 saturated carbocycles.